The summed E-state index contributed by atoms with van der Waals surface area (Å²) < 4.78 is 24.8. The Kier molecular flexibility index (Phi) is 3.69. The van der Waals surface area contributed by atoms with Crippen LogP contribution in [0.4, 0.5) is 5.69 Å². The highest BCUT2D eigenvalue weighted by molar-refractivity contribution is 7.92. The van der Waals surface area contributed by atoms with Crippen LogP contribution in [0.25, 0.3) is 0 Å². The molecule has 1 aromatic carbocycles. The summed E-state index contributed by atoms with van der Waals surface area (Å²) in [5.41, 5.74) is 0.833. The van der Waals surface area contributed by atoms with Gasteiger partial charge in [0.2, 0.25) is 0 Å². The summed E-state index contributed by atoms with van der Waals surface area (Å²) in [6, 6.07) is 7.02. The van der Waals surface area contributed by atoms with Crippen molar-refractivity contribution < 1.29 is 8.42 Å². The van der Waals surface area contributed by atoms with Crippen molar-refractivity contribution in [3.63, 3.8) is 0 Å². The third-order valence-corrected chi connectivity index (χ3v) is 5.44. The second-order valence-electron chi connectivity index (χ2n) is 4.27. The average molecular weight is 254 g/mol. The molecule has 0 amide bonds. The lowest BCUT2D eigenvalue weighted by atomic mass is 10.2. The van der Waals surface area contributed by atoms with Crippen LogP contribution < -0.4 is 10.6 Å². The van der Waals surface area contributed by atoms with Gasteiger partial charge in [-0.1, -0.05) is 6.07 Å². The molecule has 5 heteroatoms. The predicted molar refractivity (Wildman–Crippen MR) is 69.1 cm³/mol. The molecule has 1 aliphatic heterocycles. The summed E-state index contributed by atoms with van der Waals surface area (Å²) >= 11 is 0. The Morgan fingerprint density at radius 2 is 2.00 bits per heavy atom. The summed E-state index contributed by atoms with van der Waals surface area (Å²) in [7, 11) is -1.39. The number of rotatable bonds is 3. The smallest absolute Gasteiger partial charge is 0.181 e. The van der Waals surface area contributed by atoms with Gasteiger partial charge in [0.25, 0.3) is 0 Å². The topological polar surface area (TPSA) is 58.2 Å². The van der Waals surface area contributed by atoms with Gasteiger partial charge in [-0.3, -0.25) is 0 Å². The highest BCUT2D eigenvalue weighted by Crippen LogP contribution is 2.24. The van der Waals surface area contributed by atoms with Crippen molar-refractivity contribution >= 4 is 15.5 Å². The number of hydrogen-bond donors (Lipinski definition) is 2. The number of sulfone groups is 1. The molecule has 1 saturated heterocycles. The molecule has 0 atom stereocenters. The van der Waals surface area contributed by atoms with E-state index >= 15 is 0 Å². The Morgan fingerprint density at radius 1 is 1.29 bits per heavy atom. The number of hydrogen-bond acceptors (Lipinski definition) is 4. The molecule has 0 bridgehead atoms. The van der Waals surface area contributed by atoms with Crippen molar-refractivity contribution in [2.75, 3.05) is 25.5 Å². The van der Waals surface area contributed by atoms with Gasteiger partial charge in [-0.25, -0.2) is 8.42 Å². The van der Waals surface area contributed by atoms with E-state index in [-0.39, 0.29) is 5.25 Å². The molecule has 0 saturated carbocycles. The summed E-state index contributed by atoms with van der Waals surface area (Å²) in [5, 5.41) is 5.91. The van der Waals surface area contributed by atoms with Crippen LogP contribution in [0.1, 0.15) is 12.8 Å². The number of anilines is 1. The van der Waals surface area contributed by atoms with Gasteiger partial charge >= 0.3 is 0 Å². The lowest BCUT2D eigenvalue weighted by Gasteiger charge is -2.22. The maximum Gasteiger partial charge on any atom is 0.181 e. The molecule has 94 valence electrons. The molecule has 2 rings (SSSR count). The molecular formula is C12H18N2O2S. The van der Waals surface area contributed by atoms with Crippen LogP contribution in [-0.4, -0.2) is 33.8 Å². The fourth-order valence-electron chi connectivity index (χ4n) is 2.13. The van der Waals surface area contributed by atoms with E-state index in [2.05, 4.69) is 10.6 Å². The number of benzene rings is 1. The quantitative estimate of drug-likeness (QED) is 0.852. The van der Waals surface area contributed by atoms with Crippen LogP contribution in [0.2, 0.25) is 0 Å². The molecule has 0 aromatic heterocycles. The lowest BCUT2D eigenvalue weighted by molar-refractivity contribution is 0.496. The third-order valence-electron chi connectivity index (χ3n) is 3.18. The van der Waals surface area contributed by atoms with Crippen molar-refractivity contribution in [1.82, 2.24) is 5.32 Å². The van der Waals surface area contributed by atoms with Crippen LogP contribution >= 0.6 is 0 Å². The maximum absolute atomic E-state index is 12.4. The molecule has 1 aromatic rings. The Morgan fingerprint density at radius 3 is 2.65 bits per heavy atom. The van der Waals surface area contributed by atoms with Gasteiger partial charge in [-0.2, -0.15) is 0 Å². The summed E-state index contributed by atoms with van der Waals surface area (Å²) in [6.45, 7) is 1.57. The van der Waals surface area contributed by atoms with Crippen LogP contribution in [0.3, 0.4) is 0 Å². The van der Waals surface area contributed by atoms with E-state index in [0.717, 1.165) is 18.8 Å². The van der Waals surface area contributed by atoms with Crippen molar-refractivity contribution in [3.8, 4) is 0 Å². The SMILES string of the molecule is CNc1cccc(S(=O)(=O)C2CCNCC2)c1. The zero-order chi connectivity index (χ0) is 12.3. The molecule has 1 heterocycles. The van der Waals surface area contributed by atoms with E-state index in [0.29, 0.717) is 17.7 Å². The second-order valence-corrected chi connectivity index (χ2v) is 6.50. The van der Waals surface area contributed by atoms with E-state index < -0.39 is 9.84 Å². The van der Waals surface area contributed by atoms with Crippen molar-refractivity contribution in [3.05, 3.63) is 24.3 Å². The fraction of sp³-hybridized carbons (Fsp3) is 0.500. The van der Waals surface area contributed by atoms with Gasteiger partial charge in [0.1, 0.15) is 0 Å². The molecule has 2 N–H and O–H groups in total. The van der Waals surface area contributed by atoms with Crippen LogP contribution in [0.15, 0.2) is 29.2 Å². The summed E-state index contributed by atoms with van der Waals surface area (Å²) in [6.07, 6.45) is 1.40. The van der Waals surface area contributed by atoms with Crippen molar-refractivity contribution in [1.29, 1.82) is 0 Å². The zero-order valence-electron chi connectivity index (χ0n) is 9.94. The van der Waals surface area contributed by atoms with E-state index in [1.54, 1.807) is 25.2 Å². The molecule has 1 aliphatic rings. The van der Waals surface area contributed by atoms with Crippen LogP contribution in [-0.2, 0) is 9.84 Å². The fourth-order valence-corrected chi connectivity index (χ4v) is 3.93. The largest absolute Gasteiger partial charge is 0.388 e. The molecule has 0 spiro atoms. The maximum atomic E-state index is 12.4. The number of nitrogens with one attached hydrogen (secondary N) is 2. The first-order chi connectivity index (χ1) is 8.14. The van der Waals surface area contributed by atoms with Gasteiger partial charge in [-0.15, -0.1) is 0 Å². The molecule has 1 fully saturated rings. The minimum atomic E-state index is -3.17. The predicted octanol–water partition coefficient (Wildman–Crippen LogP) is 1.25. The van der Waals surface area contributed by atoms with Gasteiger partial charge in [0.05, 0.1) is 10.1 Å². The molecule has 4 nitrogen and oxygen atoms in total. The normalized spacial score (nSPS) is 17.9. The van der Waals surface area contributed by atoms with E-state index in [1.165, 1.54) is 0 Å². The molecule has 0 aliphatic carbocycles. The van der Waals surface area contributed by atoms with Crippen molar-refractivity contribution in [2.45, 2.75) is 23.0 Å². The average Bonchev–Trinajstić information content (AvgIpc) is 2.40. The molecule has 0 radical (unpaired) electrons. The van der Waals surface area contributed by atoms with Crippen LogP contribution in [0.5, 0.6) is 0 Å². The van der Waals surface area contributed by atoms with Crippen molar-refractivity contribution in [2.24, 2.45) is 0 Å². The van der Waals surface area contributed by atoms with Gasteiger partial charge in [0.15, 0.2) is 9.84 Å². The first-order valence-electron chi connectivity index (χ1n) is 5.87. The highest BCUT2D eigenvalue weighted by Gasteiger charge is 2.28. The van der Waals surface area contributed by atoms with Gasteiger partial charge in [0, 0.05) is 12.7 Å². The van der Waals surface area contributed by atoms with E-state index in [4.69, 9.17) is 0 Å². The molecule has 17 heavy (non-hydrogen) atoms. The van der Waals surface area contributed by atoms with E-state index in [9.17, 15) is 8.42 Å². The Labute approximate surface area is 102 Å². The Bertz CT molecular complexity index is 479. The summed E-state index contributed by atoms with van der Waals surface area (Å²) in [4.78, 5) is 0.427. The molecular weight excluding hydrogens is 236 g/mol. The van der Waals surface area contributed by atoms with Gasteiger partial charge in [-0.05, 0) is 44.1 Å². The molecule has 0 unspecified atom stereocenters. The first-order valence-corrected chi connectivity index (χ1v) is 7.41. The van der Waals surface area contributed by atoms with Gasteiger partial charge < -0.3 is 10.6 Å². The van der Waals surface area contributed by atoms with E-state index in [1.807, 2.05) is 6.07 Å². The highest BCUT2D eigenvalue weighted by atomic mass is 32.2. The zero-order valence-corrected chi connectivity index (χ0v) is 10.8. The lowest BCUT2D eigenvalue weighted by Crippen LogP contribution is -2.35. The first kappa shape index (κ1) is 12.4. The number of piperidine rings is 1. The Hall–Kier alpha value is -1.07. The third kappa shape index (κ3) is 2.61. The Balaban J connectivity index is 2.29. The minimum Gasteiger partial charge on any atom is -0.388 e. The summed E-state index contributed by atoms with van der Waals surface area (Å²) in [5.74, 6) is 0. The standard InChI is InChI=1S/C12H18N2O2S/c1-13-10-3-2-4-12(9-10)17(15,16)11-5-7-14-8-6-11/h2-4,9,11,13-14H,5-8H2,1H3. The van der Waals surface area contributed by atoms with Crippen LogP contribution in [0, 0.1) is 0 Å². The second kappa shape index (κ2) is 5.06. The minimum absolute atomic E-state index is 0.240. The monoisotopic (exact) mass is 254 g/mol.